The standard InChI is InChI=1S/2C18H18.2C14H16.2C10H14/c1-3-13-9-17-11-15-7-5-6-8-16(15)12-18(17)10-14(13)4-2;1-3-13-9-10-14(4-2)18-12-16-8-6-5-7-15(16)11-17(13)18;1-3-11-9-13-7-5-6-8-14(13)10-12(11)4-2;1-3-11-9-10-12(4-2)14-8-6-5-7-13(11)14;1-3-9-5-7-10(4-2)8-6-9;1-3-9-7-5-6-8-10(9)4-2/h2*5-12H,3-4H2,1-2H3;2*5-10H,3-4H2,1-2H3;2*5-8H,3-4H2,1-2H3. The Balaban J connectivity index is 0.000000147. The van der Waals surface area contributed by atoms with Crippen LogP contribution in [0, 0.1) is 0 Å². The van der Waals surface area contributed by atoms with Gasteiger partial charge in [0.05, 0.1) is 0 Å². The van der Waals surface area contributed by atoms with Crippen LogP contribution >= 0.6 is 0 Å². The van der Waals surface area contributed by atoms with Crippen LogP contribution in [0.2, 0.25) is 0 Å². The zero-order chi connectivity index (χ0) is 59.8. The summed E-state index contributed by atoms with van der Waals surface area (Å²) >= 11 is 0. The Morgan fingerprint density at radius 1 is 0.155 bits per heavy atom. The highest BCUT2D eigenvalue weighted by Crippen LogP contribution is 2.30. The first kappa shape index (κ1) is 63.8. The van der Waals surface area contributed by atoms with E-state index in [9.17, 15) is 0 Å². The lowest BCUT2D eigenvalue weighted by Gasteiger charge is -2.10. The summed E-state index contributed by atoms with van der Waals surface area (Å²) in [4.78, 5) is 0. The average Bonchev–Trinajstić information content (AvgIpc) is 2.19. The molecule has 12 aromatic rings. The maximum atomic E-state index is 2.36. The summed E-state index contributed by atoms with van der Waals surface area (Å²) in [5.41, 5.74) is 17.6. The molecule has 0 unspecified atom stereocenters. The molecule has 0 N–H and O–H groups in total. The van der Waals surface area contributed by atoms with Crippen molar-refractivity contribution in [3.8, 4) is 0 Å². The molecule has 0 fully saturated rings. The Kier molecular flexibility index (Phi) is 25.0. The highest BCUT2D eigenvalue weighted by molar-refractivity contribution is 6.01. The van der Waals surface area contributed by atoms with Crippen LogP contribution in [0.1, 0.15) is 150 Å². The summed E-state index contributed by atoms with van der Waals surface area (Å²) in [7, 11) is 0. The molecular formula is C84H96. The van der Waals surface area contributed by atoms with Crippen LogP contribution in [-0.2, 0) is 77.0 Å². The van der Waals surface area contributed by atoms with Crippen LogP contribution in [0.25, 0.3) is 64.6 Å². The molecule has 0 nitrogen and oxygen atoms in total. The van der Waals surface area contributed by atoms with Crippen molar-refractivity contribution >= 4 is 64.6 Å². The molecule has 12 rings (SSSR count). The van der Waals surface area contributed by atoms with Gasteiger partial charge in [0.15, 0.2) is 0 Å². The van der Waals surface area contributed by atoms with Crippen LogP contribution < -0.4 is 0 Å². The molecule has 0 spiro atoms. The smallest absolute Gasteiger partial charge is 0.0143 e. The van der Waals surface area contributed by atoms with Gasteiger partial charge < -0.3 is 0 Å². The molecule has 0 saturated heterocycles. The van der Waals surface area contributed by atoms with Gasteiger partial charge in [-0.3, -0.25) is 0 Å². The van der Waals surface area contributed by atoms with Crippen molar-refractivity contribution in [2.45, 2.75) is 160 Å². The maximum absolute atomic E-state index is 2.36. The van der Waals surface area contributed by atoms with Gasteiger partial charge in [-0.15, -0.1) is 0 Å². The molecule has 0 aromatic heterocycles. The average molecular weight is 1110 g/mol. The van der Waals surface area contributed by atoms with E-state index in [0.29, 0.717) is 0 Å². The first-order chi connectivity index (χ1) is 41.1. The van der Waals surface area contributed by atoms with Gasteiger partial charge in [-0.05, 0) is 233 Å². The summed E-state index contributed by atoms with van der Waals surface area (Å²) in [6, 6.07) is 79.8. The van der Waals surface area contributed by atoms with Gasteiger partial charge in [-0.25, -0.2) is 0 Å². The van der Waals surface area contributed by atoms with Gasteiger partial charge >= 0.3 is 0 Å². The highest BCUT2D eigenvalue weighted by Gasteiger charge is 2.08. The van der Waals surface area contributed by atoms with E-state index in [1.807, 2.05) is 0 Å². The minimum Gasteiger partial charge on any atom is -0.0620 e. The van der Waals surface area contributed by atoms with Crippen molar-refractivity contribution in [1.29, 1.82) is 0 Å². The number of fused-ring (bicyclic) bond motifs is 6. The summed E-state index contributed by atoms with van der Waals surface area (Å²) < 4.78 is 0. The predicted molar refractivity (Wildman–Crippen MR) is 376 cm³/mol. The van der Waals surface area contributed by atoms with Crippen LogP contribution in [-0.4, -0.2) is 0 Å². The number of hydrogen-bond donors (Lipinski definition) is 0. The van der Waals surface area contributed by atoms with Crippen molar-refractivity contribution in [1.82, 2.24) is 0 Å². The van der Waals surface area contributed by atoms with Crippen LogP contribution in [0.4, 0.5) is 0 Å². The fraction of sp³-hybridized carbons (Fsp3) is 0.286. The van der Waals surface area contributed by atoms with E-state index in [-0.39, 0.29) is 0 Å². The number of hydrogen-bond acceptors (Lipinski definition) is 0. The molecule has 12 aromatic carbocycles. The topological polar surface area (TPSA) is 0 Å². The Morgan fingerprint density at radius 2 is 0.381 bits per heavy atom. The Morgan fingerprint density at radius 3 is 0.655 bits per heavy atom. The first-order valence-electron chi connectivity index (χ1n) is 32.1. The molecule has 432 valence electrons. The monoisotopic (exact) mass is 1100 g/mol. The summed E-state index contributed by atoms with van der Waals surface area (Å²) in [5, 5.41) is 16.5. The van der Waals surface area contributed by atoms with Crippen molar-refractivity contribution in [2.75, 3.05) is 0 Å². The van der Waals surface area contributed by atoms with Gasteiger partial charge in [0.2, 0.25) is 0 Å². The molecule has 0 amide bonds. The minimum atomic E-state index is 1.10. The molecule has 0 radical (unpaired) electrons. The molecule has 0 saturated carbocycles. The third kappa shape index (κ3) is 16.5. The molecule has 0 heteroatoms. The lowest BCUT2D eigenvalue weighted by atomic mass is 9.94. The van der Waals surface area contributed by atoms with Crippen LogP contribution in [0.15, 0.2) is 218 Å². The molecule has 0 aliphatic carbocycles. The Hall–Kier alpha value is -7.80. The van der Waals surface area contributed by atoms with Gasteiger partial charge in [0.1, 0.15) is 0 Å². The number of benzene rings is 12. The van der Waals surface area contributed by atoms with Crippen LogP contribution in [0.3, 0.4) is 0 Å². The van der Waals surface area contributed by atoms with Crippen molar-refractivity contribution < 1.29 is 0 Å². The van der Waals surface area contributed by atoms with E-state index in [1.165, 1.54) is 131 Å². The Labute approximate surface area is 507 Å². The fourth-order valence-electron chi connectivity index (χ4n) is 11.8. The fourth-order valence-corrected chi connectivity index (χ4v) is 11.8. The summed E-state index contributed by atoms with van der Waals surface area (Å²) in [6.07, 6.45) is 13.5. The van der Waals surface area contributed by atoms with Crippen molar-refractivity contribution in [2.24, 2.45) is 0 Å². The molecule has 0 aliphatic rings. The van der Waals surface area contributed by atoms with Gasteiger partial charge in [0, 0.05) is 0 Å². The molecular weight excluding hydrogens is 1010 g/mol. The number of rotatable bonds is 12. The predicted octanol–water partition coefficient (Wildman–Crippen LogP) is 23.8. The highest BCUT2D eigenvalue weighted by atomic mass is 14.1. The third-order valence-electron chi connectivity index (χ3n) is 17.0. The second-order valence-corrected chi connectivity index (χ2v) is 22.0. The minimum absolute atomic E-state index is 1.10. The molecule has 0 bridgehead atoms. The summed E-state index contributed by atoms with van der Waals surface area (Å²) in [6.45, 7) is 26.6. The SMILES string of the molecule is CCc1cc2cc3ccccc3cc2cc1CC.CCc1cc2ccccc2cc1CC.CCc1ccc(CC)c2cc3ccccc3cc12.CCc1ccc(CC)c2ccccc12.CCc1ccc(CC)cc1.CCc1ccccc1CC. The van der Waals surface area contributed by atoms with E-state index in [1.54, 1.807) is 0 Å². The van der Waals surface area contributed by atoms with E-state index in [0.717, 1.165) is 77.0 Å². The largest absolute Gasteiger partial charge is 0.0620 e. The van der Waals surface area contributed by atoms with E-state index < -0.39 is 0 Å². The second kappa shape index (κ2) is 32.9. The van der Waals surface area contributed by atoms with Crippen LogP contribution in [0.5, 0.6) is 0 Å². The lowest BCUT2D eigenvalue weighted by Crippen LogP contribution is -1.91. The molecule has 0 aliphatic heterocycles. The zero-order valence-electron chi connectivity index (χ0n) is 53.3. The number of aryl methyl sites for hydroxylation is 12. The quantitative estimate of drug-likeness (QED) is 0.107. The van der Waals surface area contributed by atoms with E-state index in [4.69, 9.17) is 0 Å². The van der Waals surface area contributed by atoms with Crippen molar-refractivity contribution in [3.05, 3.63) is 285 Å². The lowest BCUT2D eigenvalue weighted by molar-refractivity contribution is 1.04. The maximum Gasteiger partial charge on any atom is -0.0143 e. The third-order valence-corrected chi connectivity index (χ3v) is 17.0. The molecule has 84 heavy (non-hydrogen) atoms. The Bertz CT molecular complexity index is 3730. The van der Waals surface area contributed by atoms with Gasteiger partial charge in [-0.2, -0.15) is 0 Å². The summed E-state index contributed by atoms with van der Waals surface area (Å²) in [5.74, 6) is 0. The van der Waals surface area contributed by atoms with Gasteiger partial charge in [-0.1, -0.05) is 277 Å². The normalized spacial score (nSPS) is 10.7. The first-order valence-corrected chi connectivity index (χ1v) is 32.1. The van der Waals surface area contributed by atoms with Gasteiger partial charge in [0.25, 0.3) is 0 Å². The van der Waals surface area contributed by atoms with E-state index in [2.05, 4.69) is 301 Å². The zero-order valence-corrected chi connectivity index (χ0v) is 53.3. The molecule has 0 heterocycles. The second-order valence-electron chi connectivity index (χ2n) is 22.0. The van der Waals surface area contributed by atoms with Crippen molar-refractivity contribution in [3.63, 3.8) is 0 Å². The van der Waals surface area contributed by atoms with E-state index >= 15 is 0 Å². The molecule has 0 atom stereocenters.